The normalized spacial score (nSPS) is 12.6. The Labute approximate surface area is 108 Å². The van der Waals surface area contributed by atoms with Crippen LogP contribution in [0.4, 0.5) is 0 Å². The van der Waals surface area contributed by atoms with E-state index in [-0.39, 0.29) is 12.5 Å². The van der Waals surface area contributed by atoms with Gasteiger partial charge in [0.15, 0.2) is 0 Å². The summed E-state index contributed by atoms with van der Waals surface area (Å²) in [5, 5.41) is 2.63. The number of ether oxygens (including phenoxy) is 1. The Morgan fingerprint density at radius 3 is 2.44 bits per heavy atom. The van der Waals surface area contributed by atoms with Crippen LogP contribution in [0.5, 0.6) is 0 Å². The second kappa shape index (κ2) is 8.49. The lowest BCUT2D eigenvalue weighted by atomic mass is 10.0. The van der Waals surface area contributed by atoms with Gasteiger partial charge in [0.1, 0.15) is 12.6 Å². The summed E-state index contributed by atoms with van der Waals surface area (Å²) in [6, 6.07) is -0.600. The smallest absolute Gasteiger partial charge is 0.328 e. The van der Waals surface area contributed by atoms with Crippen molar-refractivity contribution in [1.29, 1.82) is 0 Å². The van der Waals surface area contributed by atoms with Crippen LogP contribution in [-0.2, 0) is 14.3 Å². The average molecular weight is 257 g/mol. The van der Waals surface area contributed by atoms with Crippen molar-refractivity contribution in [2.45, 2.75) is 26.3 Å². The minimum absolute atomic E-state index is 0.00374. The lowest BCUT2D eigenvalue weighted by Gasteiger charge is -2.17. The number of hydrogen-bond donors (Lipinski definition) is 1. The summed E-state index contributed by atoms with van der Waals surface area (Å²) in [4.78, 5) is 28.7. The molecule has 0 aromatic heterocycles. The fourth-order valence-electron chi connectivity index (χ4n) is 1.35. The molecule has 1 N–H and O–H groups in total. The van der Waals surface area contributed by atoms with Gasteiger partial charge in [-0.05, 0) is 12.3 Å². The molecule has 18 heavy (non-hydrogen) atoms. The number of rotatable bonds is 7. The molecule has 1 atom stereocenters. The van der Waals surface area contributed by atoms with Gasteiger partial charge in [-0.25, -0.2) is 4.79 Å². The fourth-order valence-corrected chi connectivity index (χ4v) is 1.35. The summed E-state index contributed by atoms with van der Waals surface area (Å²) in [5.74, 6) is -0.419. The molecule has 1 unspecified atom stereocenters. The molecule has 6 heteroatoms. The zero-order chi connectivity index (χ0) is 14.1. The van der Waals surface area contributed by atoms with E-state index >= 15 is 0 Å². The van der Waals surface area contributed by atoms with Gasteiger partial charge in [-0.2, -0.15) is 0 Å². The van der Waals surface area contributed by atoms with Crippen LogP contribution in [0.15, 0.2) is 4.99 Å². The second-order valence-electron chi connectivity index (χ2n) is 4.69. The van der Waals surface area contributed by atoms with Crippen LogP contribution in [0.2, 0.25) is 0 Å². The highest BCUT2D eigenvalue weighted by Crippen LogP contribution is 2.06. The summed E-state index contributed by atoms with van der Waals surface area (Å²) in [6.45, 7) is 3.96. The van der Waals surface area contributed by atoms with Crippen molar-refractivity contribution in [2.24, 2.45) is 10.9 Å². The molecule has 0 fully saturated rings. The van der Waals surface area contributed by atoms with Gasteiger partial charge in [0.25, 0.3) is 0 Å². The molecular formula is C12H23N3O3. The second-order valence-corrected chi connectivity index (χ2v) is 4.69. The van der Waals surface area contributed by atoms with E-state index in [1.807, 2.05) is 27.9 Å². The number of aliphatic imine (C=N–C) groups is 1. The molecule has 0 aliphatic rings. The van der Waals surface area contributed by atoms with E-state index in [1.165, 1.54) is 7.11 Å². The quantitative estimate of drug-likeness (QED) is 0.404. The van der Waals surface area contributed by atoms with Gasteiger partial charge >= 0.3 is 5.97 Å². The molecule has 0 saturated carbocycles. The monoisotopic (exact) mass is 257 g/mol. The first-order chi connectivity index (χ1) is 8.36. The van der Waals surface area contributed by atoms with E-state index < -0.39 is 12.0 Å². The zero-order valence-electron chi connectivity index (χ0n) is 11.8. The molecule has 0 bridgehead atoms. The molecule has 0 spiro atoms. The first kappa shape index (κ1) is 16.4. The van der Waals surface area contributed by atoms with E-state index in [9.17, 15) is 9.59 Å². The predicted octanol–water partition coefficient (Wildman–Crippen LogP) is 0.280. The fraction of sp³-hybridized carbons (Fsp3) is 0.750. The summed E-state index contributed by atoms with van der Waals surface area (Å²) in [7, 11) is 4.95. The molecule has 0 aromatic carbocycles. The Morgan fingerprint density at radius 2 is 2.00 bits per heavy atom. The Kier molecular flexibility index (Phi) is 7.74. The molecule has 0 aromatic rings. The molecule has 0 heterocycles. The molecular weight excluding hydrogens is 234 g/mol. The molecule has 0 rings (SSSR count). The van der Waals surface area contributed by atoms with Gasteiger partial charge in [-0.15, -0.1) is 0 Å². The lowest BCUT2D eigenvalue weighted by Crippen LogP contribution is -2.43. The van der Waals surface area contributed by atoms with Crippen molar-refractivity contribution in [2.75, 3.05) is 27.7 Å². The standard InChI is InChI=1S/C12H23N3O3/c1-9(2)6-10(12(17)18-5)14-11(16)7-13-8-15(3)4/h8-10H,6-7H2,1-5H3,(H,14,16). The maximum Gasteiger partial charge on any atom is 0.328 e. The van der Waals surface area contributed by atoms with Crippen molar-refractivity contribution in [3.05, 3.63) is 0 Å². The van der Waals surface area contributed by atoms with Crippen molar-refractivity contribution in [1.82, 2.24) is 10.2 Å². The topological polar surface area (TPSA) is 71.0 Å². The van der Waals surface area contributed by atoms with E-state index in [0.29, 0.717) is 12.3 Å². The zero-order valence-corrected chi connectivity index (χ0v) is 11.8. The molecule has 6 nitrogen and oxygen atoms in total. The van der Waals surface area contributed by atoms with E-state index in [4.69, 9.17) is 0 Å². The van der Waals surface area contributed by atoms with Crippen LogP contribution in [0.1, 0.15) is 20.3 Å². The van der Waals surface area contributed by atoms with Crippen molar-refractivity contribution in [3.8, 4) is 0 Å². The Hall–Kier alpha value is -1.59. The van der Waals surface area contributed by atoms with Crippen molar-refractivity contribution >= 4 is 18.2 Å². The van der Waals surface area contributed by atoms with Crippen LogP contribution >= 0.6 is 0 Å². The molecule has 0 aliphatic heterocycles. The van der Waals surface area contributed by atoms with Crippen LogP contribution in [0.25, 0.3) is 0 Å². The molecule has 0 saturated heterocycles. The third-order valence-electron chi connectivity index (χ3n) is 2.08. The van der Waals surface area contributed by atoms with Crippen LogP contribution in [0.3, 0.4) is 0 Å². The lowest BCUT2D eigenvalue weighted by molar-refractivity contribution is -0.145. The maximum atomic E-state index is 11.6. The number of nitrogens with one attached hydrogen (secondary N) is 1. The van der Waals surface area contributed by atoms with E-state index in [1.54, 1.807) is 11.2 Å². The summed E-state index contributed by atoms with van der Waals surface area (Å²) < 4.78 is 4.66. The van der Waals surface area contributed by atoms with Crippen LogP contribution in [0, 0.1) is 5.92 Å². The number of nitrogens with zero attached hydrogens (tertiary/aromatic N) is 2. The Morgan fingerprint density at radius 1 is 1.39 bits per heavy atom. The average Bonchev–Trinajstić information content (AvgIpc) is 2.25. The van der Waals surface area contributed by atoms with Gasteiger partial charge in [0, 0.05) is 14.1 Å². The van der Waals surface area contributed by atoms with E-state index in [0.717, 1.165) is 0 Å². The van der Waals surface area contributed by atoms with Crippen molar-refractivity contribution < 1.29 is 14.3 Å². The van der Waals surface area contributed by atoms with Gasteiger partial charge in [-0.3, -0.25) is 9.79 Å². The number of methoxy groups -OCH3 is 1. The first-order valence-electron chi connectivity index (χ1n) is 5.90. The largest absolute Gasteiger partial charge is 0.467 e. The van der Waals surface area contributed by atoms with Crippen LogP contribution < -0.4 is 5.32 Å². The van der Waals surface area contributed by atoms with Gasteiger partial charge in [0.05, 0.1) is 13.4 Å². The summed E-state index contributed by atoms with van der Waals surface area (Å²) in [6.07, 6.45) is 2.10. The maximum absolute atomic E-state index is 11.6. The van der Waals surface area contributed by atoms with Gasteiger partial charge in [0.2, 0.25) is 5.91 Å². The molecule has 104 valence electrons. The molecule has 1 amide bonds. The van der Waals surface area contributed by atoms with Crippen LogP contribution in [-0.4, -0.2) is 56.9 Å². The molecule has 0 radical (unpaired) electrons. The molecule has 0 aliphatic carbocycles. The highest BCUT2D eigenvalue weighted by Gasteiger charge is 2.22. The minimum atomic E-state index is -0.600. The minimum Gasteiger partial charge on any atom is -0.467 e. The SMILES string of the molecule is COC(=O)C(CC(C)C)NC(=O)CN=CN(C)C. The number of carbonyl (C=O) groups excluding carboxylic acids is 2. The predicted molar refractivity (Wildman–Crippen MR) is 70.4 cm³/mol. The third kappa shape index (κ3) is 7.65. The van der Waals surface area contributed by atoms with Crippen molar-refractivity contribution in [3.63, 3.8) is 0 Å². The number of carbonyl (C=O) groups is 2. The summed E-state index contributed by atoms with van der Waals surface area (Å²) in [5.41, 5.74) is 0. The number of esters is 1. The number of amides is 1. The van der Waals surface area contributed by atoms with E-state index in [2.05, 4.69) is 15.0 Å². The first-order valence-corrected chi connectivity index (χ1v) is 5.90. The third-order valence-corrected chi connectivity index (χ3v) is 2.08. The Balaban J connectivity index is 4.31. The number of hydrogen-bond acceptors (Lipinski definition) is 4. The Bertz CT molecular complexity index is 301. The van der Waals surface area contributed by atoms with Gasteiger partial charge < -0.3 is 15.0 Å². The highest BCUT2D eigenvalue weighted by atomic mass is 16.5. The summed E-state index contributed by atoms with van der Waals surface area (Å²) >= 11 is 0. The highest BCUT2D eigenvalue weighted by molar-refractivity contribution is 5.86. The van der Waals surface area contributed by atoms with Gasteiger partial charge in [-0.1, -0.05) is 13.8 Å².